The van der Waals surface area contributed by atoms with E-state index in [2.05, 4.69) is 39.0 Å². The molecule has 0 atom stereocenters. The van der Waals surface area contributed by atoms with Crippen molar-refractivity contribution in [2.75, 3.05) is 6.61 Å². The van der Waals surface area contributed by atoms with Crippen molar-refractivity contribution in [1.82, 2.24) is 0 Å². The largest absolute Gasteiger partial charge is 0.463 e. The number of hydrogen-bond donors (Lipinski definition) is 0. The summed E-state index contributed by atoms with van der Waals surface area (Å²) < 4.78 is 16.1. The molecule has 1 aromatic rings. The van der Waals surface area contributed by atoms with Crippen molar-refractivity contribution < 1.29 is 23.8 Å². The molecule has 1 aliphatic carbocycles. The van der Waals surface area contributed by atoms with E-state index in [1.165, 1.54) is 23.6 Å². The van der Waals surface area contributed by atoms with Gasteiger partial charge in [0.1, 0.15) is 0 Å². The monoisotopic (exact) mass is 392 g/mol. The van der Waals surface area contributed by atoms with Crippen molar-refractivity contribution >= 4 is 11.9 Å². The molecule has 0 radical (unpaired) electrons. The predicted molar refractivity (Wildman–Crippen MR) is 110 cm³/mol. The molecule has 158 valence electrons. The van der Waals surface area contributed by atoms with Gasteiger partial charge in [-0.2, -0.15) is 0 Å². The van der Waals surface area contributed by atoms with Crippen molar-refractivity contribution in [2.45, 2.75) is 92.0 Å². The molecule has 1 aliphatic rings. The van der Waals surface area contributed by atoms with Crippen LogP contribution >= 0.6 is 0 Å². The Kier molecular flexibility index (Phi) is 9.66. The van der Waals surface area contributed by atoms with E-state index >= 15 is 0 Å². The molecule has 0 amide bonds. The second-order valence-electron chi connectivity index (χ2n) is 7.86. The third kappa shape index (κ3) is 8.01. The highest BCUT2D eigenvalue weighted by Gasteiger charge is 2.46. The molecule has 0 unspecified atom stereocenters. The topological polar surface area (TPSA) is 61.8 Å². The van der Waals surface area contributed by atoms with Crippen LogP contribution in [-0.4, -0.2) is 36.4 Å². The zero-order valence-electron chi connectivity index (χ0n) is 18.5. The molecule has 5 nitrogen and oxygen atoms in total. The van der Waals surface area contributed by atoms with Crippen LogP contribution in [0.2, 0.25) is 0 Å². The normalized spacial score (nSPS) is 21.5. The van der Waals surface area contributed by atoms with Crippen LogP contribution < -0.4 is 0 Å². The van der Waals surface area contributed by atoms with Gasteiger partial charge in [-0.1, -0.05) is 34.9 Å². The van der Waals surface area contributed by atoms with E-state index in [4.69, 9.17) is 14.2 Å². The molecule has 2 rings (SSSR count). The molecule has 0 aliphatic heterocycles. The molecule has 1 saturated carbocycles. The molecule has 1 aromatic carbocycles. The maximum atomic E-state index is 12.0. The van der Waals surface area contributed by atoms with Crippen LogP contribution in [0, 0.1) is 20.8 Å². The summed E-state index contributed by atoms with van der Waals surface area (Å²) in [5.41, 5.74) is 2.95. The first-order valence-electron chi connectivity index (χ1n) is 10.1. The molecule has 0 heterocycles. The van der Waals surface area contributed by atoms with Gasteiger partial charge in [-0.05, 0) is 54.4 Å². The van der Waals surface area contributed by atoms with E-state index in [1.807, 2.05) is 13.8 Å². The zero-order valence-corrected chi connectivity index (χ0v) is 18.5. The lowest BCUT2D eigenvalue weighted by Gasteiger charge is -2.37. The van der Waals surface area contributed by atoms with Gasteiger partial charge in [-0.25, -0.2) is 4.79 Å². The Bertz CT molecular complexity index is 592. The standard InChI is InChI=1S/C14H24O5.C9H12/c1-5-17-13(16)14(19-11(4)15)8-6-12(7-9-14)18-10(2)3;1-7-4-8(2)6-9(3)5-7/h10,12H,5-9H2,1-4H3;4-6H,1-3H3. The van der Waals surface area contributed by atoms with Crippen molar-refractivity contribution in [3.05, 3.63) is 34.9 Å². The molecule has 5 heteroatoms. The Balaban J connectivity index is 0.000000362. The third-order valence-corrected chi connectivity index (χ3v) is 4.56. The highest BCUT2D eigenvalue weighted by molar-refractivity contribution is 5.83. The van der Waals surface area contributed by atoms with E-state index in [0.717, 1.165) is 0 Å². The Morgan fingerprint density at radius 2 is 1.50 bits per heavy atom. The SMILES string of the molecule is CCOC(=O)C1(OC(C)=O)CCC(OC(C)C)CC1.Cc1cc(C)cc(C)c1. The Morgan fingerprint density at radius 3 is 1.86 bits per heavy atom. The summed E-state index contributed by atoms with van der Waals surface area (Å²) in [7, 11) is 0. The number of benzene rings is 1. The van der Waals surface area contributed by atoms with Gasteiger partial charge >= 0.3 is 11.9 Å². The van der Waals surface area contributed by atoms with Crippen LogP contribution in [-0.2, 0) is 23.8 Å². The number of ether oxygens (including phenoxy) is 3. The summed E-state index contributed by atoms with van der Waals surface area (Å²) in [4.78, 5) is 23.3. The highest BCUT2D eigenvalue weighted by Crippen LogP contribution is 2.35. The molecule has 0 spiro atoms. The first kappa shape index (κ1) is 24.2. The molecule has 0 aromatic heterocycles. The second kappa shape index (κ2) is 11.2. The van der Waals surface area contributed by atoms with Gasteiger partial charge in [-0.3, -0.25) is 4.79 Å². The lowest BCUT2D eigenvalue weighted by molar-refractivity contribution is -0.189. The predicted octanol–water partition coefficient (Wildman–Crippen LogP) is 4.83. The molecule has 0 bridgehead atoms. The maximum absolute atomic E-state index is 12.0. The average Bonchev–Trinajstić information content (AvgIpc) is 2.55. The molecular weight excluding hydrogens is 356 g/mol. The van der Waals surface area contributed by atoms with E-state index in [1.54, 1.807) is 6.92 Å². The third-order valence-electron chi connectivity index (χ3n) is 4.56. The van der Waals surface area contributed by atoms with Gasteiger partial charge in [0, 0.05) is 19.8 Å². The van der Waals surface area contributed by atoms with E-state index in [0.29, 0.717) is 25.7 Å². The van der Waals surface area contributed by atoms with Gasteiger partial charge in [0.25, 0.3) is 0 Å². The van der Waals surface area contributed by atoms with E-state index < -0.39 is 17.5 Å². The summed E-state index contributed by atoms with van der Waals surface area (Å²) in [6.45, 7) is 13.7. The smallest absolute Gasteiger partial charge is 0.350 e. The first-order valence-corrected chi connectivity index (χ1v) is 10.1. The highest BCUT2D eigenvalue weighted by atomic mass is 16.6. The van der Waals surface area contributed by atoms with Crippen LogP contribution in [0.4, 0.5) is 0 Å². The van der Waals surface area contributed by atoms with Crippen LogP contribution in [0.3, 0.4) is 0 Å². The summed E-state index contributed by atoms with van der Waals surface area (Å²) in [5.74, 6) is -0.885. The maximum Gasteiger partial charge on any atom is 0.350 e. The Labute approximate surface area is 169 Å². The van der Waals surface area contributed by atoms with Crippen molar-refractivity contribution in [3.63, 3.8) is 0 Å². The fourth-order valence-corrected chi connectivity index (χ4v) is 3.67. The van der Waals surface area contributed by atoms with E-state index in [9.17, 15) is 9.59 Å². The number of hydrogen-bond acceptors (Lipinski definition) is 5. The van der Waals surface area contributed by atoms with Crippen LogP contribution in [0.25, 0.3) is 0 Å². The minimum absolute atomic E-state index is 0.123. The lowest BCUT2D eigenvalue weighted by atomic mass is 9.83. The summed E-state index contributed by atoms with van der Waals surface area (Å²) in [6.07, 6.45) is 2.60. The molecular formula is C23H36O5. The minimum atomic E-state index is -1.11. The van der Waals surface area contributed by atoms with E-state index in [-0.39, 0.29) is 18.8 Å². The van der Waals surface area contributed by atoms with Gasteiger partial charge in [0.05, 0.1) is 18.8 Å². The first-order chi connectivity index (χ1) is 13.1. The average molecular weight is 393 g/mol. The Hall–Kier alpha value is -1.88. The number of carbonyl (C=O) groups is 2. The quantitative estimate of drug-likeness (QED) is 0.672. The summed E-state index contributed by atoms with van der Waals surface area (Å²) >= 11 is 0. The van der Waals surface area contributed by atoms with Crippen molar-refractivity contribution in [1.29, 1.82) is 0 Å². The number of carbonyl (C=O) groups excluding carboxylic acids is 2. The van der Waals surface area contributed by atoms with Crippen molar-refractivity contribution in [2.24, 2.45) is 0 Å². The fourth-order valence-electron chi connectivity index (χ4n) is 3.67. The summed E-state index contributed by atoms with van der Waals surface area (Å²) in [6, 6.07) is 6.56. The molecule has 0 N–H and O–H groups in total. The molecule has 0 saturated heterocycles. The van der Waals surface area contributed by atoms with Crippen LogP contribution in [0.1, 0.15) is 70.1 Å². The molecule has 28 heavy (non-hydrogen) atoms. The van der Waals surface area contributed by atoms with Gasteiger partial charge in [-0.15, -0.1) is 0 Å². The number of aryl methyl sites for hydroxylation is 3. The lowest BCUT2D eigenvalue weighted by Crippen LogP contribution is -2.48. The zero-order chi connectivity index (χ0) is 21.3. The Morgan fingerprint density at radius 1 is 1.04 bits per heavy atom. The number of esters is 2. The van der Waals surface area contributed by atoms with Gasteiger partial charge < -0.3 is 14.2 Å². The summed E-state index contributed by atoms with van der Waals surface area (Å²) in [5, 5.41) is 0. The number of rotatable bonds is 5. The molecule has 1 fully saturated rings. The van der Waals surface area contributed by atoms with Crippen LogP contribution in [0.15, 0.2) is 18.2 Å². The van der Waals surface area contributed by atoms with Crippen LogP contribution in [0.5, 0.6) is 0 Å². The second-order valence-corrected chi connectivity index (χ2v) is 7.86. The minimum Gasteiger partial charge on any atom is -0.463 e. The fraction of sp³-hybridized carbons (Fsp3) is 0.652. The van der Waals surface area contributed by atoms with Gasteiger partial charge in [0.15, 0.2) is 0 Å². The van der Waals surface area contributed by atoms with Crippen molar-refractivity contribution in [3.8, 4) is 0 Å². The van der Waals surface area contributed by atoms with Gasteiger partial charge in [0.2, 0.25) is 5.60 Å².